The molecule has 2 N–H and O–H groups in total. The molecule has 0 spiro atoms. The number of hydrogen-bond donors (Lipinski definition) is 2. The fourth-order valence-electron chi connectivity index (χ4n) is 1.69. The van der Waals surface area contributed by atoms with Crippen molar-refractivity contribution in [3.8, 4) is 0 Å². The Morgan fingerprint density at radius 2 is 2.10 bits per heavy atom. The van der Waals surface area contributed by atoms with E-state index in [1.807, 2.05) is 0 Å². The third kappa shape index (κ3) is 3.46. The van der Waals surface area contributed by atoms with Crippen molar-refractivity contribution >= 4 is 29.0 Å². The summed E-state index contributed by atoms with van der Waals surface area (Å²) in [5.74, 6) is -1.98. The molecule has 1 aromatic carbocycles. The highest BCUT2D eigenvalue weighted by molar-refractivity contribution is 6.33. The number of nitrogens with zero attached hydrogens (tertiary/aromatic N) is 1. The number of amides is 1. The standard InChI is InChI=1S/C14H12ClF2N3O/c1-2-18-13-12(17)9(5-6-19-13)14(21)20-11-4-3-8(16)7-10(11)15/h3-7H,2H2,1H3,(H,18,19)(H,20,21). The van der Waals surface area contributed by atoms with Gasteiger partial charge in [-0.1, -0.05) is 11.6 Å². The van der Waals surface area contributed by atoms with Gasteiger partial charge in [0, 0.05) is 12.7 Å². The number of hydrogen-bond acceptors (Lipinski definition) is 3. The second kappa shape index (κ2) is 6.49. The molecule has 1 heterocycles. The third-order valence-corrected chi connectivity index (χ3v) is 2.97. The lowest BCUT2D eigenvalue weighted by Crippen LogP contribution is -2.16. The molecule has 0 bridgehead atoms. The molecule has 0 aliphatic carbocycles. The minimum absolute atomic E-state index is 0.00430. The molecular weight excluding hydrogens is 300 g/mol. The van der Waals surface area contributed by atoms with Crippen LogP contribution in [0.4, 0.5) is 20.3 Å². The van der Waals surface area contributed by atoms with Crippen LogP contribution >= 0.6 is 11.6 Å². The maximum absolute atomic E-state index is 14.1. The zero-order chi connectivity index (χ0) is 15.4. The maximum Gasteiger partial charge on any atom is 0.258 e. The van der Waals surface area contributed by atoms with Gasteiger partial charge in [0.15, 0.2) is 11.6 Å². The van der Waals surface area contributed by atoms with Crippen LogP contribution in [-0.4, -0.2) is 17.4 Å². The normalized spacial score (nSPS) is 10.3. The molecule has 0 unspecified atom stereocenters. The number of benzene rings is 1. The van der Waals surface area contributed by atoms with Gasteiger partial charge in [-0.15, -0.1) is 0 Å². The molecule has 110 valence electrons. The van der Waals surface area contributed by atoms with E-state index in [0.717, 1.165) is 12.1 Å². The maximum atomic E-state index is 14.1. The minimum atomic E-state index is -0.755. The molecule has 21 heavy (non-hydrogen) atoms. The van der Waals surface area contributed by atoms with E-state index < -0.39 is 17.5 Å². The summed E-state index contributed by atoms with van der Waals surface area (Å²) < 4.78 is 27.0. The Balaban J connectivity index is 2.26. The van der Waals surface area contributed by atoms with E-state index in [1.54, 1.807) is 6.92 Å². The number of aromatic nitrogens is 1. The van der Waals surface area contributed by atoms with Gasteiger partial charge < -0.3 is 10.6 Å². The van der Waals surface area contributed by atoms with E-state index in [4.69, 9.17) is 11.6 Å². The number of halogens is 3. The van der Waals surface area contributed by atoms with E-state index in [0.29, 0.717) is 6.54 Å². The summed E-state index contributed by atoms with van der Waals surface area (Å²) in [4.78, 5) is 15.9. The molecule has 0 aliphatic rings. The van der Waals surface area contributed by atoms with Gasteiger partial charge in [0.05, 0.1) is 16.3 Å². The van der Waals surface area contributed by atoms with E-state index in [1.165, 1.54) is 18.3 Å². The Morgan fingerprint density at radius 1 is 1.33 bits per heavy atom. The van der Waals surface area contributed by atoms with Crippen molar-refractivity contribution in [2.24, 2.45) is 0 Å². The highest BCUT2D eigenvalue weighted by Crippen LogP contribution is 2.24. The lowest BCUT2D eigenvalue weighted by Gasteiger charge is -2.10. The van der Waals surface area contributed by atoms with Crippen LogP contribution in [0.3, 0.4) is 0 Å². The molecule has 1 aromatic heterocycles. The molecular formula is C14H12ClF2N3O. The van der Waals surface area contributed by atoms with Crippen LogP contribution < -0.4 is 10.6 Å². The SMILES string of the molecule is CCNc1nccc(C(=O)Nc2ccc(F)cc2Cl)c1F. The monoisotopic (exact) mass is 311 g/mol. The van der Waals surface area contributed by atoms with Crippen molar-refractivity contribution in [2.45, 2.75) is 6.92 Å². The largest absolute Gasteiger partial charge is 0.368 e. The molecule has 7 heteroatoms. The van der Waals surface area contributed by atoms with Crippen molar-refractivity contribution in [3.05, 3.63) is 52.7 Å². The second-order valence-electron chi connectivity index (χ2n) is 4.13. The molecule has 0 atom stereocenters. The first kappa shape index (κ1) is 15.2. The zero-order valence-corrected chi connectivity index (χ0v) is 11.8. The predicted molar refractivity (Wildman–Crippen MR) is 77.7 cm³/mol. The summed E-state index contributed by atoms with van der Waals surface area (Å²) in [5.41, 5.74) is 0.0191. The Bertz CT molecular complexity index is 679. The van der Waals surface area contributed by atoms with Gasteiger partial charge in [0.25, 0.3) is 5.91 Å². The smallest absolute Gasteiger partial charge is 0.258 e. The fraction of sp³-hybridized carbons (Fsp3) is 0.143. The Labute approximate surface area is 125 Å². The predicted octanol–water partition coefficient (Wildman–Crippen LogP) is 3.70. The first-order valence-electron chi connectivity index (χ1n) is 6.17. The van der Waals surface area contributed by atoms with Crippen molar-refractivity contribution in [1.82, 2.24) is 4.98 Å². The van der Waals surface area contributed by atoms with Crippen molar-refractivity contribution in [3.63, 3.8) is 0 Å². The van der Waals surface area contributed by atoms with Crippen LogP contribution in [0.25, 0.3) is 0 Å². The summed E-state index contributed by atoms with van der Waals surface area (Å²) in [5, 5.41) is 5.17. The van der Waals surface area contributed by atoms with E-state index in [9.17, 15) is 13.6 Å². The Morgan fingerprint density at radius 3 is 2.76 bits per heavy atom. The van der Waals surface area contributed by atoms with Crippen LogP contribution in [0.15, 0.2) is 30.5 Å². The van der Waals surface area contributed by atoms with E-state index >= 15 is 0 Å². The van der Waals surface area contributed by atoms with E-state index in [-0.39, 0.29) is 22.1 Å². The number of rotatable bonds is 4. The lowest BCUT2D eigenvalue weighted by atomic mass is 10.2. The van der Waals surface area contributed by atoms with Gasteiger partial charge in [-0.05, 0) is 31.2 Å². The van der Waals surface area contributed by atoms with Gasteiger partial charge in [-0.25, -0.2) is 13.8 Å². The molecule has 2 rings (SSSR count). The van der Waals surface area contributed by atoms with Gasteiger partial charge >= 0.3 is 0 Å². The molecule has 0 radical (unpaired) electrons. The van der Waals surface area contributed by atoms with Crippen LogP contribution in [0.1, 0.15) is 17.3 Å². The van der Waals surface area contributed by atoms with Crippen molar-refractivity contribution in [1.29, 1.82) is 0 Å². The van der Waals surface area contributed by atoms with Gasteiger partial charge in [0.2, 0.25) is 0 Å². The molecule has 0 saturated carbocycles. The number of nitrogens with one attached hydrogen (secondary N) is 2. The van der Waals surface area contributed by atoms with E-state index in [2.05, 4.69) is 15.6 Å². The lowest BCUT2D eigenvalue weighted by molar-refractivity contribution is 0.102. The quantitative estimate of drug-likeness (QED) is 0.905. The van der Waals surface area contributed by atoms with Crippen LogP contribution in [0.5, 0.6) is 0 Å². The fourth-order valence-corrected chi connectivity index (χ4v) is 1.90. The Kier molecular flexibility index (Phi) is 4.70. The third-order valence-electron chi connectivity index (χ3n) is 2.66. The average Bonchev–Trinajstić information content (AvgIpc) is 2.44. The Hall–Kier alpha value is -2.21. The number of carbonyl (C=O) groups excluding carboxylic acids is 1. The van der Waals surface area contributed by atoms with Crippen LogP contribution in [0.2, 0.25) is 5.02 Å². The molecule has 2 aromatic rings. The average molecular weight is 312 g/mol. The molecule has 4 nitrogen and oxygen atoms in total. The summed E-state index contributed by atoms with van der Waals surface area (Å²) in [6.07, 6.45) is 1.32. The second-order valence-corrected chi connectivity index (χ2v) is 4.54. The minimum Gasteiger partial charge on any atom is -0.368 e. The topological polar surface area (TPSA) is 54.0 Å². The van der Waals surface area contributed by atoms with Crippen LogP contribution in [0, 0.1) is 11.6 Å². The summed E-state index contributed by atoms with van der Waals surface area (Å²) in [7, 11) is 0. The van der Waals surface area contributed by atoms with Gasteiger partial charge in [0.1, 0.15) is 5.82 Å². The number of anilines is 2. The zero-order valence-electron chi connectivity index (χ0n) is 11.1. The molecule has 1 amide bonds. The molecule has 0 aliphatic heterocycles. The van der Waals surface area contributed by atoms with Crippen molar-refractivity contribution in [2.75, 3.05) is 17.2 Å². The molecule has 0 saturated heterocycles. The van der Waals surface area contributed by atoms with Gasteiger partial charge in [-0.3, -0.25) is 4.79 Å². The summed E-state index contributed by atoms with van der Waals surface area (Å²) in [6.45, 7) is 2.25. The number of pyridine rings is 1. The highest BCUT2D eigenvalue weighted by Gasteiger charge is 2.17. The first-order chi connectivity index (χ1) is 10.0. The van der Waals surface area contributed by atoms with Crippen molar-refractivity contribution < 1.29 is 13.6 Å². The first-order valence-corrected chi connectivity index (χ1v) is 6.55. The van der Waals surface area contributed by atoms with Gasteiger partial charge in [-0.2, -0.15) is 0 Å². The summed E-state index contributed by atoms with van der Waals surface area (Å²) >= 11 is 5.81. The highest BCUT2D eigenvalue weighted by atomic mass is 35.5. The van der Waals surface area contributed by atoms with Crippen LogP contribution in [-0.2, 0) is 0 Å². The molecule has 0 fully saturated rings. The summed E-state index contributed by atoms with van der Waals surface area (Å²) in [6, 6.07) is 4.77. The number of carbonyl (C=O) groups is 1.